The first-order chi connectivity index (χ1) is 7.65. The lowest BCUT2D eigenvalue weighted by molar-refractivity contribution is -0.0579. The molecule has 0 spiro atoms. The van der Waals surface area contributed by atoms with E-state index in [0.29, 0.717) is 18.1 Å². The molecule has 1 fully saturated rings. The molecule has 0 bridgehead atoms. The molecule has 0 aromatic rings. The van der Waals surface area contributed by atoms with Gasteiger partial charge in [0.1, 0.15) is 0 Å². The molecule has 0 aromatic heterocycles. The molecule has 2 nitrogen and oxygen atoms in total. The first-order valence-corrected chi connectivity index (χ1v) is 7.00. The normalized spacial score (nSPS) is 28.3. The molecule has 0 radical (unpaired) electrons. The number of hydrogen-bond donors (Lipinski definition) is 1. The molecule has 1 saturated heterocycles. The van der Waals surface area contributed by atoms with Crippen LogP contribution >= 0.6 is 0 Å². The summed E-state index contributed by atoms with van der Waals surface area (Å²) in [4.78, 5) is 0. The van der Waals surface area contributed by atoms with Crippen LogP contribution in [0.25, 0.3) is 0 Å². The van der Waals surface area contributed by atoms with Crippen molar-refractivity contribution in [2.45, 2.75) is 65.5 Å². The summed E-state index contributed by atoms with van der Waals surface area (Å²) in [6.45, 7) is 11.1. The Bertz CT molecular complexity index is 182. The third kappa shape index (κ3) is 4.42. The van der Waals surface area contributed by atoms with Crippen molar-refractivity contribution in [2.75, 3.05) is 13.2 Å². The first kappa shape index (κ1) is 14.0. The molecule has 0 amide bonds. The Hall–Kier alpha value is -0.0800. The predicted molar refractivity (Wildman–Crippen MR) is 69.7 cm³/mol. The fourth-order valence-electron chi connectivity index (χ4n) is 2.72. The Morgan fingerprint density at radius 1 is 1.31 bits per heavy atom. The van der Waals surface area contributed by atoms with Crippen molar-refractivity contribution >= 4 is 0 Å². The zero-order chi connectivity index (χ0) is 12.0. The Balaban J connectivity index is 2.43. The molecule has 1 rings (SSSR count). The summed E-state index contributed by atoms with van der Waals surface area (Å²) in [6.07, 6.45) is 5.62. The van der Waals surface area contributed by atoms with Crippen LogP contribution in [0.15, 0.2) is 0 Å². The van der Waals surface area contributed by atoms with Crippen LogP contribution < -0.4 is 5.32 Å². The van der Waals surface area contributed by atoms with Crippen LogP contribution in [-0.2, 0) is 4.74 Å². The smallest absolute Gasteiger partial charge is 0.0640 e. The fraction of sp³-hybridized carbons (Fsp3) is 1.00. The number of ether oxygens (including phenoxy) is 1. The van der Waals surface area contributed by atoms with Crippen molar-refractivity contribution in [3.05, 3.63) is 0 Å². The predicted octanol–water partition coefficient (Wildman–Crippen LogP) is 3.22. The summed E-state index contributed by atoms with van der Waals surface area (Å²) in [5, 5.41) is 3.56. The lowest BCUT2D eigenvalue weighted by Gasteiger charge is -2.36. The van der Waals surface area contributed by atoms with Gasteiger partial charge in [-0.15, -0.1) is 0 Å². The van der Waals surface area contributed by atoms with E-state index in [-0.39, 0.29) is 0 Å². The second kappa shape index (κ2) is 7.29. The Morgan fingerprint density at radius 2 is 2.06 bits per heavy atom. The number of nitrogens with one attached hydrogen (secondary N) is 1. The zero-order valence-electron chi connectivity index (χ0n) is 11.5. The van der Waals surface area contributed by atoms with Gasteiger partial charge in [-0.25, -0.2) is 0 Å². The monoisotopic (exact) mass is 227 g/mol. The van der Waals surface area contributed by atoms with E-state index in [1.807, 2.05) is 0 Å². The minimum atomic E-state index is 0.486. The standard InChI is InChI=1S/C14H29NO/c1-5-7-12(4)14-13(8-6-9-16-14)10-15-11(2)3/h11-15H,5-10H2,1-4H3. The lowest BCUT2D eigenvalue weighted by Crippen LogP contribution is -2.42. The summed E-state index contributed by atoms with van der Waals surface area (Å²) < 4.78 is 6.00. The van der Waals surface area contributed by atoms with Gasteiger partial charge < -0.3 is 10.1 Å². The summed E-state index contributed by atoms with van der Waals surface area (Å²) in [7, 11) is 0. The van der Waals surface area contributed by atoms with Crippen LogP contribution in [0.4, 0.5) is 0 Å². The number of hydrogen-bond acceptors (Lipinski definition) is 2. The average Bonchev–Trinajstić information content (AvgIpc) is 2.27. The molecule has 3 unspecified atom stereocenters. The molecule has 1 heterocycles. The SMILES string of the molecule is CCCC(C)C1OCCCC1CNC(C)C. The van der Waals surface area contributed by atoms with Crippen LogP contribution in [-0.4, -0.2) is 25.3 Å². The quantitative estimate of drug-likeness (QED) is 0.752. The molecular formula is C14H29NO. The van der Waals surface area contributed by atoms with Crippen LogP contribution in [0.5, 0.6) is 0 Å². The molecule has 1 N–H and O–H groups in total. The zero-order valence-corrected chi connectivity index (χ0v) is 11.5. The van der Waals surface area contributed by atoms with Gasteiger partial charge in [-0.1, -0.05) is 34.1 Å². The van der Waals surface area contributed by atoms with Gasteiger partial charge in [-0.2, -0.15) is 0 Å². The van der Waals surface area contributed by atoms with E-state index >= 15 is 0 Å². The van der Waals surface area contributed by atoms with Gasteiger partial charge in [-0.3, -0.25) is 0 Å². The minimum Gasteiger partial charge on any atom is -0.378 e. The molecule has 3 atom stereocenters. The van der Waals surface area contributed by atoms with Crippen molar-refractivity contribution in [1.82, 2.24) is 5.32 Å². The van der Waals surface area contributed by atoms with E-state index in [1.54, 1.807) is 0 Å². The molecule has 0 aliphatic carbocycles. The Kier molecular flexibility index (Phi) is 6.37. The summed E-state index contributed by atoms with van der Waals surface area (Å²) >= 11 is 0. The molecule has 0 saturated carbocycles. The molecule has 2 heteroatoms. The van der Waals surface area contributed by atoms with Gasteiger partial charge >= 0.3 is 0 Å². The van der Waals surface area contributed by atoms with Gasteiger partial charge in [0.2, 0.25) is 0 Å². The maximum absolute atomic E-state index is 6.00. The van der Waals surface area contributed by atoms with Gasteiger partial charge in [-0.05, 0) is 31.1 Å². The highest BCUT2D eigenvalue weighted by molar-refractivity contribution is 4.80. The van der Waals surface area contributed by atoms with Gasteiger partial charge in [0, 0.05) is 19.2 Å². The summed E-state index contributed by atoms with van der Waals surface area (Å²) in [5.41, 5.74) is 0. The van der Waals surface area contributed by atoms with E-state index in [9.17, 15) is 0 Å². The number of rotatable bonds is 6. The third-order valence-electron chi connectivity index (χ3n) is 3.59. The van der Waals surface area contributed by atoms with Crippen LogP contribution in [0.3, 0.4) is 0 Å². The highest BCUT2D eigenvalue weighted by Crippen LogP contribution is 2.28. The van der Waals surface area contributed by atoms with Gasteiger partial charge in [0.05, 0.1) is 6.10 Å². The van der Waals surface area contributed by atoms with Gasteiger partial charge in [0.15, 0.2) is 0 Å². The van der Waals surface area contributed by atoms with Crippen molar-refractivity contribution in [3.63, 3.8) is 0 Å². The van der Waals surface area contributed by atoms with E-state index in [1.165, 1.54) is 25.7 Å². The van der Waals surface area contributed by atoms with E-state index in [2.05, 4.69) is 33.0 Å². The summed E-state index contributed by atoms with van der Waals surface area (Å²) in [6, 6.07) is 0.587. The van der Waals surface area contributed by atoms with Crippen molar-refractivity contribution in [1.29, 1.82) is 0 Å². The third-order valence-corrected chi connectivity index (χ3v) is 3.59. The maximum atomic E-state index is 6.00. The Morgan fingerprint density at radius 3 is 2.69 bits per heavy atom. The Labute approximate surface area is 101 Å². The molecule has 16 heavy (non-hydrogen) atoms. The largest absolute Gasteiger partial charge is 0.378 e. The minimum absolute atomic E-state index is 0.486. The molecule has 1 aliphatic heterocycles. The van der Waals surface area contributed by atoms with E-state index < -0.39 is 0 Å². The molecular weight excluding hydrogens is 198 g/mol. The van der Waals surface area contributed by atoms with Crippen LogP contribution in [0.2, 0.25) is 0 Å². The van der Waals surface area contributed by atoms with Crippen LogP contribution in [0, 0.1) is 11.8 Å². The second-order valence-electron chi connectivity index (χ2n) is 5.57. The van der Waals surface area contributed by atoms with Crippen molar-refractivity contribution < 1.29 is 4.74 Å². The average molecular weight is 227 g/mol. The van der Waals surface area contributed by atoms with Crippen molar-refractivity contribution in [2.24, 2.45) is 11.8 Å². The molecule has 0 aromatic carbocycles. The van der Waals surface area contributed by atoms with Gasteiger partial charge in [0.25, 0.3) is 0 Å². The first-order valence-electron chi connectivity index (χ1n) is 7.00. The second-order valence-corrected chi connectivity index (χ2v) is 5.57. The lowest BCUT2D eigenvalue weighted by atomic mass is 9.84. The van der Waals surface area contributed by atoms with Crippen molar-refractivity contribution in [3.8, 4) is 0 Å². The molecule has 96 valence electrons. The highest BCUT2D eigenvalue weighted by Gasteiger charge is 2.29. The molecule has 1 aliphatic rings. The highest BCUT2D eigenvalue weighted by atomic mass is 16.5. The van der Waals surface area contributed by atoms with E-state index in [0.717, 1.165) is 19.1 Å². The fourth-order valence-corrected chi connectivity index (χ4v) is 2.72. The van der Waals surface area contributed by atoms with E-state index in [4.69, 9.17) is 4.74 Å². The topological polar surface area (TPSA) is 21.3 Å². The maximum Gasteiger partial charge on any atom is 0.0640 e. The van der Waals surface area contributed by atoms with Crippen LogP contribution in [0.1, 0.15) is 53.4 Å². The summed E-state index contributed by atoms with van der Waals surface area (Å²) in [5.74, 6) is 1.43.